The lowest BCUT2D eigenvalue weighted by Crippen LogP contribution is -2.25. The Hall–Kier alpha value is -2.64. The van der Waals surface area contributed by atoms with Crippen molar-refractivity contribution in [2.75, 3.05) is 0 Å². The van der Waals surface area contributed by atoms with Gasteiger partial charge < -0.3 is 9.88 Å². The first-order valence-electron chi connectivity index (χ1n) is 7.03. The van der Waals surface area contributed by atoms with Gasteiger partial charge in [0, 0.05) is 18.5 Å². The van der Waals surface area contributed by atoms with Crippen LogP contribution in [-0.4, -0.2) is 21.6 Å². The van der Waals surface area contributed by atoms with E-state index >= 15 is 0 Å². The van der Waals surface area contributed by atoms with E-state index in [1.807, 2.05) is 0 Å². The second-order valence-electron chi connectivity index (χ2n) is 5.14. The minimum absolute atomic E-state index is 0.0949. The van der Waals surface area contributed by atoms with Crippen molar-refractivity contribution in [3.8, 4) is 0 Å². The fraction of sp³-hybridized carbons (Fsp3) is 0.250. The molecule has 128 valence electrons. The number of nitrogens with zero attached hydrogens (tertiary/aromatic N) is 2. The molecule has 0 aliphatic rings. The van der Waals surface area contributed by atoms with Crippen molar-refractivity contribution in [2.24, 2.45) is 0 Å². The van der Waals surface area contributed by atoms with Crippen LogP contribution in [0.15, 0.2) is 42.7 Å². The van der Waals surface area contributed by atoms with Crippen LogP contribution in [0.4, 0.5) is 17.6 Å². The normalized spacial score (nSPS) is 12.3. The van der Waals surface area contributed by atoms with Gasteiger partial charge in [0.2, 0.25) is 5.91 Å². The Morgan fingerprint density at radius 1 is 1.38 bits per heavy atom. The Balaban J connectivity index is 1.99. The zero-order valence-electron chi connectivity index (χ0n) is 12.8. The molecule has 0 atom stereocenters. The second-order valence-corrected chi connectivity index (χ2v) is 5.14. The van der Waals surface area contributed by atoms with Gasteiger partial charge in [0.05, 0.1) is 6.54 Å². The van der Waals surface area contributed by atoms with Crippen molar-refractivity contribution in [3.05, 3.63) is 59.9 Å². The van der Waals surface area contributed by atoms with E-state index in [9.17, 15) is 22.4 Å². The molecule has 1 aromatic carbocycles. The molecule has 0 saturated carbocycles. The van der Waals surface area contributed by atoms with Gasteiger partial charge in [-0.2, -0.15) is 13.2 Å². The number of allylic oxidation sites excluding steroid dienone is 1. The molecular weight excluding hydrogens is 326 g/mol. The standard InChI is InChI=1S/C16H15F4N3O/c1-11(12-3-2-4-13(17)8-12)7-15(24)22-9-14-21-5-6-23(14)10-16(18,19)20/h2-8H,9-10H2,1H3,(H,22,24)/b11-7+. The van der Waals surface area contributed by atoms with E-state index in [-0.39, 0.29) is 12.4 Å². The van der Waals surface area contributed by atoms with Crippen LogP contribution in [0.1, 0.15) is 18.3 Å². The molecule has 24 heavy (non-hydrogen) atoms. The molecule has 0 radical (unpaired) electrons. The largest absolute Gasteiger partial charge is 0.406 e. The minimum atomic E-state index is -4.37. The number of hydrogen-bond donors (Lipinski definition) is 1. The number of hydrogen-bond acceptors (Lipinski definition) is 2. The number of carbonyl (C=O) groups excluding carboxylic acids is 1. The van der Waals surface area contributed by atoms with Crippen LogP contribution >= 0.6 is 0 Å². The smallest absolute Gasteiger partial charge is 0.345 e. The van der Waals surface area contributed by atoms with E-state index in [0.29, 0.717) is 11.1 Å². The number of rotatable bonds is 5. The SMILES string of the molecule is C/C(=C\C(=O)NCc1nccn1CC(F)(F)F)c1cccc(F)c1. The zero-order valence-corrected chi connectivity index (χ0v) is 12.8. The number of carbonyl (C=O) groups is 1. The van der Waals surface area contributed by atoms with Crippen molar-refractivity contribution >= 4 is 11.5 Å². The summed E-state index contributed by atoms with van der Waals surface area (Å²) in [4.78, 5) is 15.7. The number of alkyl halides is 3. The highest BCUT2D eigenvalue weighted by molar-refractivity contribution is 5.94. The lowest BCUT2D eigenvalue weighted by atomic mass is 10.1. The fourth-order valence-corrected chi connectivity index (χ4v) is 2.08. The summed E-state index contributed by atoms with van der Waals surface area (Å²) in [6.45, 7) is 0.324. The molecule has 1 N–H and O–H groups in total. The maximum atomic E-state index is 13.1. The number of nitrogens with one attached hydrogen (secondary N) is 1. The van der Waals surface area contributed by atoms with Crippen LogP contribution in [0.2, 0.25) is 0 Å². The first-order chi connectivity index (χ1) is 11.2. The monoisotopic (exact) mass is 341 g/mol. The molecule has 1 amide bonds. The van der Waals surface area contributed by atoms with Crippen LogP contribution in [0, 0.1) is 5.82 Å². The van der Waals surface area contributed by atoms with Crippen LogP contribution in [-0.2, 0) is 17.9 Å². The van der Waals surface area contributed by atoms with Gasteiger partial charge >= 0.3 is 6.18 Å². The highest BCUT2D eigenvalue weighted by Crippen LogP contribution is 2.18. The topological polar surface area (TPSA) is 46.9 Å². The van der Waals surface area contributed by atoms with E-state index in [2.05, 4.69) is 10.3 Å². The van der Waals surface area contributed by atoms with E-state index in [4.69, 9.17) is 0 Å². The Labute approximate surface area is 135 Å². The Morgan fingerprint density at radius 2 is 2.12 bits per heavy atom. The van der Waals surface area contributed by atoms with Gasteiger partial charge in [0.25, 0.3) is 0 Å². The molecule has 0 fully saturated rings. The van der Waals surface area contributed by atoms with Gasteiger partial charge in [-0.05, 0) is 30.2 Å². The molecule has 0 aliphatic carbocycles. The van der Waals surface area contributed by atoms with Gasteiger partial charge in [-0.15, -0.1) is 0 Å². The lowest BCUT2D eigenvalue weighted by Gasteiger charge is -2.11. The molecule has 2 aromatic rings. The maximum absolute atomic E-state index is 13.1. The van der Waals surface area contributed by atoms with Crippen LogP contribution < -0.4 is 5.32 Å². The molecule has 1 heterocycles. The third-order valence-electron chi connectivity index (χ3n) is 3.20. The number of aromatic nitrogens is 2. The molecular formula is C16H15F4N3O. The summed E-state index contributed by atoms with van der Waals surface area (Å²) in [5.41, 5.74) is 1.08. The van der Waals surface area contributed by atoms with E-state index in [1.54, 1.807) is 13.0 Å². The predicted molar refractivity (Wildman–Crippen MR) is 80.2 cm³/mol. The fourth-order valence-electron chi connectivity index (χ4n) is 2.08. The van der Waals surface area contributed by atoms with Gasteiger partial charge in [0.1, 0.15) is 18.2 Å². The molecule has 0 aliphatic heterocycles. The first-order valence-corrected chi connectivity index (χ1v) is 7.03. The molecule has 4 nitrogen and oxygen atoms in total. The average molecular weight is 341 g/mol. The van der Waals surface area contributed by atoms with Crippen molar-refractivity contribution in [3.63, 3.8) is 0 Å². The Kier molecular flexibility index (Phi) is 5.38. The Morgan fingerprint density at radius 3 is 2.79 bits per heavy atom. The van der Waals surface area contributed by atoms with Gasteiger partial charge in [-0.1, -0.05) is 12.1 Å². The molecule has 0 unspecified atom stereocenters. The summed E-state index contributed by atoms with van der Waals surface area (Å²) in [7, 11) is 0. The number of halogens is 4. The van der Waals surface area contributed by atoms with Crippen molar-refractivity contribution in [1.82, 2.24) is 14.9 Å². The van der Waals surface area contributed by atoms with Crippen molar-refractivity contribution < 1.29 is 22.4 Å². The molecule has 0 saturated heterocycles. The quantitative estimate of drug-likeness (QED) is 0.670. The highest BCUT2D eigenvalue weighted by atomic mass is 19.4. The van der Waals surface area contributed by atoms with E-state index < -0.39 is 24.4 Å². The van der Waals surface area contributed by atoms with E-state index in [0.717, 1.165) is 4.57 Å². The summed E-state index contributed by atoms with van der Waals surface area (Å²) in [5, 5.41) is 2.47. The number of benzene rings is 1. The summed E-state index contributed by atoms with van der Waals surface area (Å²) in [6, 6.07) is 5.75. The summed E-state index contributed by atoms with van der Waals surface area (Å²) < 4.78 is 51.3. The van der Waals surface area contributed by atoms with Crippen molar-refractivity contribution in [2.45, 2.75) is 26.2 Å². The van der Waals surface area contributed by atoms with Crippen LogP contribution in [0.3, 0.4) is 0 Å². The molecule has 0 spiro atoms. The third-order valence-corrected chi connectivity index (χ3v) is 3.20. The van der Waals surface area contributed by atoms with Gasteiger partial charge in [-0.25, -0.2) is 9.37 Å². The van der Waals surface area contributed by atoms with Crippen LogP contribution in [0.5, 0.6) is 0 Å². The number of imidazole rings is 1. The third kappa shape index (κ3) is 5.22. The maximum Gasteiger partial charge on any atom is 0.406 e. The first kappa shape index (κ1) is 17.7. The minimum Gasteiger partial charge on any atom is -0.345 e. The molecule has 8 heteroatoms. The van der Waals surface area contributed by atoms with Crippen molar-refractivity contribution in [1.29, 1.82) is 0 Å². The highest BCUT2D eigenvalue weighted by Gasteiger charge is 2.28. The zero-order chi connectivity index (χ0) is 17.7. The van der Waals surface area contributed by atoms with Crippen LogP contribution in [0.25, 0.3) is 5.57 Å². The summed E-state index contributed by atoms with van der Waals surface area (Å²) >= 11 is 0. The average Bonchev–Trinajstić information content (AvgIpc) is 2.90. The molecule has 0 bridgehead atoms. The van der Waals surface area contributed by atoms with Gasteiger partial charge in [0.15, 0.2) is 0 Å². The predicted octanol–water partition coefficient (Wildman–Crippen LogP) is 3.30. The lowest BCUT2D eigenvalue weighted by molar-refractivity contribution is -0.141. The summed E-state index contributed by atoms with van der Waals surface area (Å²) in [5.74, 6) is -0.828. The van der Waals surface area contributed by atoms with E-state index in [1.165, 1.54) is 36.7 Å². The van der Waals surface area contributed by atoms with Gasteiger partial charge in [-0.3, -0.25) is 4.79 Å². The molecule has 2 rings (SSSR count). The second kappa shape index (κ2) is 7.29. The summed E-state index contributed by atoms with van der Waals surface area (Å²) in [6.07, 6.45) is -0.678. The Bertz CT molecular complexity index is 750. The molecule has 1 aromatic heterocycles. The number of amides is 1.